The third kappa shape index (κ3) is 10.0. The number of aromatic hydroxyl groups is 1. The van der Waals surface area contributed by atoms with Crippen LogP contribution in [0, 0.1) is 5.92 Å². The van der Waals surface area contributed by atoms with Gasteiger partial charge in [0.15, 0.2) is 0 Å². The van der Waals surface area contributed by atoms with Gasteiger partial charge in [-0.1, -0.05) is 62.7 Å². The Hall–Kier alpha value is -4.45. The summed E-state index contributed by atoms with van der Waals surface area (Å²) < 4.78 is 0. The van der Waals surface area contributed by atoms with Crippen molar-refractivity contribution in [2.75, 3.05) is 0 Å². The number of carbonyl (C=O) groups excluding carboxylic acids is 3. The molecule has 0 heterocycles. The maximum Gasteiger partial charge on any atom is 0.326 e. The maximum atomic E-state index is 13.3. The number of carboxylic acid groups (broad SMARTS) is 2. The van der Waals surface area contributed by atoms with E-state index in [0.717, 1.165) is 0 Å². The lowest BCUT2D eigenvalue weighted by atomic mass is 9.98. The largest absolute Gasteiger partial charge is 0.508 e. The number of nitrogens with two attached hydrogens (primary N) is 1. The Balaban J connectivity index is 2.25. The summed E-state index contributed by atoms with van der Waals surface area (Å²) in [5.41, 5.74) is 7.21. The van der Waals surface area contributed by atoms with Crippen LogP contribution in [-0.2, 0) is 36.8 Å². The zero-order valence-corrected chi connectivity index (χ0v) is 22.4. The number of phenolic OH excluding ortho intramolecular Hbond substituents is 1. The van der Waals surface area contributed by atoms with E-state index in [0.29, 0.717) is 17.5 Å². The summed E-state index contributed by atoms with van der Waals surface area (Å²) in [6.45, 7) is 3.64. The molecule has 40 heavy (non-hydrogen) atoms. The van der Waals surface area contributed by atoms with Crippen molar-refractivity contribution in [1.82, 2.24) is 16.0 Å². The lowest BCUT2D eigenvalue weighted by Crippen LogP contribution is -2.58. The second kappa shape index (κ2) is 15.2. The Kier molecular flexibility index (Phi) is 12.1. The number of nitrogens with one attached hydrogen (secondary N) is 3. The molecule has 2 aromatic carbocycles. The smallest absolute Gasteiger partial charge is 0.326 e. The van der Waals surface area contributed by atoms with E-state index in [4.69, 9.17) is 5.73 Å². The highest BCUT2D eigenvalue weighted by Gasteiger charge is 2.32. The van der Waals surface area contributed by atoms with Crippen molar-refractivity contribution >= 4 is 29.7 Å². The maximum absolute atomic E-state index is 13.3. The number of carboxylic acids is 2. The van der Waals surface area contributed by atoms with Crippen LogP contribution in [0.3, 0.4) is 0 Å². The van der Waals surface area contributed by atoms with E-state index in [1.807, 2.05) is 6.92 Å². The van der Waals surface area contributed by atoms with E-state index < -0.39 is 60.2 Å². The fourth-order valence-corrected chi connectivity index (χ4v) is 3.84. The van der Waals surface area contributed by atoms with Crippen LogP contribution in [0.15, 0.2) is 54.6 Å². The predicted molar refractivity (Wildman–Crippen MR) is 145 cm³/mol. The normalized spacial score (nSPS) is 14.6. The van der Waals surface area contributed by atoms with Gasteiger partial charge in [-0.15, -0.1) is 0 Å². The first-order chi connectivity index (χ1) is 18.9. The quantitative estimate of drug-likeness (QED) is 0.163. The van der Waals surface area contributed by atoms with Gasteiger partial charge in [0.05, 0.1) is 12.5 Å². The molecule has 216 valence electrons. The minimum atomic E-state index is -1.63. The van der Waals surface area contributed by atoms with Gasteiger partial charge in [-0.25, -0.2) is 4.79 Å². The summed E-state index contributed by atoms with van der Waals surface area (Å²) in [4.78, 5) is 62.4. The van der Waals surface area contributed by atoms with Gasteiger partial charge < -0.3 is 37.0 Å². The minimum Gasteiger partial charge on any atom is -0.508 e. The summed E-state index contributed by atoms with van der Waals surface area (Å²) in [5.74, 6) is -5.43. The number of rotatable bonds is 15. The van der Waals surface area contributed by atoms with Crippen molar-refractivity contribution < 1.29 is 39.3 Å². The van der Waals surface area contributed by atoms with Crippen molar-refractivity contribution in [3.05, 3.63) is 65.7 Å². The fraction of sp³-hybridized carbons (Fsp3) is 0.393. The van der Waals surface area contributed by atoms with Gasteiger partial charge in [-0.05, 0) is 29.2 Å². The van der Waals surface area contributed by atoms with Crippen LogP contribution >= 0.6 is 0 Å². The number of benzene rings is 2. The molecule has 0 radical (unpaired) electrons. The van der Waals surface area contributed by atoms with E-state index in [-0.39, 0.29) is 24.5 Å². The third-order valence-corrected chi connectivity index (χ3v) is 6.48. The van der Waals surface area contributed by atoms with Gasteiger partial charge in [-0.2, -0.15) is 0 Å². The van der Waals surface area contributed by atoms with Crippen molar-refractivity contribution in [3.8, 4) is 5.75 Å². The molecule has 0 saturated carbocycles. The van der Waals surface area contributed by atoms with Crippen molar-refractivity contribution in [2.24, 2.45) is 11.7 Å². The van der Waals surface area contributed by atoms with Crippen LogP contribution in [0.25, 0.3) is 0 Å². The number of carbonyl (C=O) groups is 5. The molecule has 0 aromatic heterocycles. The first-order valence-corrected chi connectivity index (χ1v) is 12.8. The molecular weight excluding hydrogens is 520 g/mol. The summed E-state index contributed by atoms with van der Waals surface area (Å²) in [5, 5.41) is 35.8. The van der Waals surface area contributed by atoms with E-state index in [2.05, 4.69) is 16.0 Å². The summed E-state index contributed by atoms with van der Waals surface area (Å²) in [6, 6.07) is 9.21. The molecule has 2 rings (SSSR count). The number of phenols is 1. The van der Waals surface area contributed by atoms with Gasteiger partial charge in [-0.3, -0.25) is 19.2 Å². The van der Waals surface area contributed by atoms with Crippen molar-refractivity contribution in [1.29, 1.82) is 0 Å². The molecule has 8 N–H and O–H groups in total. The van der Waals surface area contributed by atoms with Gasteiger partial charge in [0.2, 0.25) is 17.7 Å². The van der Waals surface area contributed by atoms with Gasteiger partial charge in [0, 0.05) is 12.8 Å². The van der Waals surface area contributed by atoms with Crippen LogP contribution in [0.5, 0.6) is 5.75 Å². The fourth-order valence-electron chi connectivity index (χ4n) is 3.84. The molecule has 3 amide bonds. The van der Waals surface area contributed by atoms with Crippen molar-refractivity contribution in [2.45, 2.75) is 63.7 Å². The number of hydrogen-bond acceptors (Lipinski definition) is 7. The van der Waals surface area contributed by atoms with Crippen LogP contribution < -0.4 is 21.7 Å². The Morgan fingerprint density at radius 1 is 0.750 bits per heavy atom. The molecule has 0 aliphatic heterocycles. The molecular formula is C28H36N4O8. The molecule has 12 heteroatoms. The van der Waals surface area contributed by atoms with Gasteiger partial charge in [0.1, 0.15) is 23.9 Å². The second-order valence-electron chi connectivity index (χ2n) is 9.59. The SMILES string of the molecule is CCC(C)C(N)C(=O)NC(Cc1ccc(O)cc1)C(=O)NC(CC(=O)O)C(=O)NC(Cc1ccccc1)C(=O)O. The predicted octanol–water partition coefficient (Wildman–Crippen LogP) is 0.565. The molecule has 0 spiro atoms. The summed E-state index contributed by atoms with van der Waals surface area (Å²) in [6.07, 6.45) is -0.347. The Morgan fingerprint density at radius 3 is 1.80 bits per heavy atom. The Labute approximate surface area is 232 Å². The van der Waals surface area contributed by atoms with Crippen molar-refractivity contribution in [3.63, 3.8) is 0 Å². The first-order valence-electron chi connectivity index (χ1n) is 12.8. The Morgan fingerprint density at radius 2 is 1.25 bits per heavy atom. The highest BCUT2D eigenvalue weighted by Crippen LogP contribution is 2.13. The number of aliphatic carboxylic acids is 2. The molecule has 0 fully saturated rings. The average molecular weight is 557 g/mol. The molecule has 2 aromatic rings. The lowest BCUT2D eigenvalue weighted by Gasteiger charge is -2.26. The molecule has 5 unspecified atom stereocenters. The van der Waals surface area contributed by atoms with E-state index in [9.17, 15) is 39.3 Å². The average Bonchev–Trinajstić information content (AvgIpc) is 2.92. The number of hydrogen-bond donors (Lipinski definition) is 7. The highest BCUT2D eigenvalue weighted by atomic mass is 16.4. The highest BCUT2D eigenvalue weighted by molar-refractivity contribution is 5.95. The summed E-state index contributed by atoms with van der Waals surface area (Å²) in [7, 11) is 0. The van der Waals surface area contributed by atoms with Gasteiger partial charge in [0.25, 0.3) is 0 Å². The molecule has 0 saturated heterocycles. The number of amides is 3. The zero-order chi connectivity index (χ0) is 29.8. The van der Waals surface area contributed by atoms with Crippen LogP contribution in [0.1, 0.15) is 37.8 Å². The molecule has 5 atom stereocenters. The zero-order valence-electron chi connectivity index (χ0n) is 22.4. The monoisotopic (exact) mass is 556 g/mol. The van der Waals surface area contributed by atoms with Crippen LogP contribution in [0.4, 0.5) is 0 Å². The van der Waals surface area contributed by atoms with E-state index in [1.165, 1.54) is 12.1 Å². The van der Waals surface area contributed by atoms with Crippen LogP contribution in [0.2, 0.25) is 0 Å². The topological polar surface area (TPSA) is 208 Å². The molecule has 0 aliphatic carbocycles. The second-order valence-corrected chi connectivity index (χ2v) is 9.59. The summed E-state index contributed by atoms with van der Waals surface area (Å²) >= 11 is 0. The molecule has 0 bridgehead atoms. The molecule has 0 aliphatic rings. The van der Waals surface area contributed by atoms with E-state index in [1.54, 1.807) is 49.4 Å². The van der Waals surface area contributed by atoms with Gasteiger partial charge >= 0.3 is 11.9 Å². The van der Waals surface area contributed by atoms with Crippen LogP contribution in [-0.4, -0.2) is 69.1 Å². The van der Waals surface area contributed by atoms with E-state index >= 15 is 0 Å². The molecule has 12 nitrogen and oxygen atoms in total. The first kappa shape index (κ1) is 31.8. The minimum absolute atomic E-state index is 0.00531. The Bertz CT molecular complexity index is 1170. The third-order valence-electron chi connectivity index (χ3n) is 6.48. The lowest BCUT2D eigenvalue weighted by molar-refractivity contribution is -0.143. The standard InChI is InChI=1S/C28H36N4O8/c1-3-16(2)24(29)27(38)31-20(13-18-9-11-19(33)12-10-18)25(36)30-21(15-23(34)35)26(37)32-22(28(39)40)14-17-7-5-4-6-8-17/h4-12,16,20-22,24,33H,3,13-15,29H2,1-2H3,(H,30,36)(H,31,38)(H,32,37)(H,34,35)(H,39,40).